The summed E-state index contributed by atoms with van der Waals surface area (Å²) in [6, 6.07) is 3.48. The van der Waals surface area contributed by atoms with Gasteiger partial charge >= 0.3 is 0 Å². The first kappa shape index (κ1) is 10.8. The molecule has 18 heavy (non-hydrogen) atoms. The molecule has 0 bridgehead atoms. The van der Waals surface area contributed by atoms with E-state index >= 15 is 0 Å². The van der Waals surface area contributed by atoms with Crippen LogP contribution in [0.1, 0.15) is 16.1 Å². The summed E-state index contributed by atoms with van der Waals surface area (Å²) in [6.45, 7) is 2.15. The third-order valence-electron chi connectivity index (χ3n) is 3.16. The summed E-state index contributed by atoms with van der Waals surface area (Å²) in [5.41, 5.74) is 3.37. The summed E-state index contributed by atoms with van der Waals surface area (Å²) in [5, 5.41) is 4.21. The second-order valence-electron chi connectivity index (χ2n) is 4.19. The number of fused-ring (bicyclic) bond motifs is 1. The van der Waals surface area contributed by atoms with Crippen molar-refractivity contribution in [1.29, 1.82) is 0 Å². The van der Waals surface area contributed by atoms with Gasteiger partial charge in [0.25, 0.3) is 0 Å². The Kier molecular flexibility index (Phi) is 2.33. The van der Waals surface area contributed by atoms with Crippen LogP contribution in [-0.2, 0) is 7.05 Å². The van der Waals surface area contributed by atoms with Crippen LogP contribution in [0.25, 0.3) is 11.1 Å². The number of carbonyl (C=O) groups excluding carboxylic acids is 1. The number of aldehydes is 1. The van der Waals surface area contributed by atoms with E-state index in [9.17, 15) is 4.79 Å². The average Bonchev–Trinajstić information content (AvgIpc) is 2.97. The van der Waals surface area contributed by atoms with Crippen LogP contribution in [0, 0.1) is 6.92 Å². The van der Waals surface area contributed by atoms with Crippen molar-refractivity contribution in [3.63, 3.8) is 0 Å². The Balaban J connectivity index is 2.25. The molecular weight excluding hydrogens is 232 g/mol. The average molecular weight is 244 g/mol. The highest BCUT2D eigenvalue weighted by molar-refractivity contribution is 5.84. The van der Waals surface area contributed by atoms with E-state index in [2.05, 4.69) is 5.10 Å². The molecule has 1 aliphatic heterocycles. The Morgan fingerprint density at radius 1 is 1.33 bits per heavy atom. The molecule has 2 heterocycles. The van der Waals surface area contributed by atoms with Gasteiger partial charge in [0.15, 0.2) is 11.5 Å². The lowest BCUT2D eigenvalue weighted by atomic mass is 10.0. The van der Waals surface area contributed by atoms with Crippen LogP contribution in [0.15, 0.2) is 18.3 Å². The molecule has 0 radical (unpaired) electrons. The Morgan fingerprint density at radius 3 is 2.83 bits per heavy atom. The molecule has 5 nitrogen and oxygen atoms in total. The van der Waals surface area contributed by atoms with E-state index in [1.807, 2.05) is 14.0 Å². The number of hydrogen-bond acceptors (Lipinski definition) is 4. The molecule has 5 heteroatoms. The fourth-order valence-corrected chi connectivity index (χ4v) is 2.06. The SMILES string of the molecule is Cc1c(-c2cc(C=O)cc3c2OCO3)cnn1C. The lowest BCUT2D eigenvalue weighted by Crippen LogP contribution is -1.94. The van der Waals surface area contributed by atoms with E-state index in [-0.39, 0.29) is 6.79 Å². The first-order valence-corrected chi connectivity index (χ1v) is 5.58. The summed E-state index contributed by atoms with van der Waals surface area (Å²) in [5.74, 6) is 1.29. The first-order valence-electron chi connectivity index (χ1n) is 5.58. The molecular formula is C13H12N2O3. The Bertz CT molecular complexity index is 631. The Labute approximate surface area is 104 Å². The van der Waals surface area contributed by atoms with Crippen LogP contribution in [0.5, 0.6) is 11.5 Å². The van der Waals surface area contributed by atoms with Gasteiger partial charge in [-0.1, -0.05) is 0 Å². The van der Waals surface area contributed by atoms with Crippen LogP contribution in [0.4, 0.5) is 0 Å². The number of nitrogens with zero attached hydrogens (tertiary/aromatic N) is 2. The number of rotatable bonds is 2. The van der Waals surface area contributed by atoms with Crippen LogP contribution < -0.4 is 9.47 Å². The van der Waals surface area contributed by atoms with E-state index in [1.54, 1.807) is 23.0 Å². The van der Waals surface area contributed by atoms with Gasteiger partial charge in [-0.2, -0.15) is 5.10 Å². The molecule has 2 aromatic rings. The van der Waals surface area contributed by atoms with Crippen LogP contribution in [0.3, 0.4) is 0 Å². The van der Waals surface area contributed by atoms with Gasteiger partial charge in [-0.15, -0.1) is 0 Å². The number of ether oxygens (including phenoxy) is 2. The van der Waals surface area contributed by atoms with E-state index in [0.717, 1.165) is 23.1 Å². The minimum Gasteiger partial charge on any atom is -0.454 e. The van der Waals surface area contributed by atoms with Crippen LogP contribution >= 0.6 is 0 Å². The van der Waals surface area contributed by atoms with Crippen LogP contribution in [0.2, 0.25) is 0 Å². The van der Waals surface area contributed by atoms with E-state index < -0.39 is 0 Å². The summed E-state index contributed by atoms with van der Waals surface area (Å²) < 4.78 is 12.6. The van der Waals surface area contributed by atoms with Gasteiger partial charge in [-0.3, -0.25) is 9.48 Å². The predicted octanol–water partition coefficient (Wildman–Crippen LogP) is 1.94. The molecule has 3 rings (SSSR count). The number of aryl methyl sites for hydroxylation is 1. The highest BCUT2D eigenvalue weighted by atomic mass is 16.7. The minimum absolute atomic E-state index is 0.184. The van der Waals surface area contributed by atoms with Gasteiger partial charge in [0.2, 0.25) is 6.79 Å². The van der Waals surface area contributed by atoms with Crippen molar-refractivity contribution in [1.82, 2.24) is 9.78 Å². The normalized spacial score (nSPS) is 12.8. The minimum atomic E-state index is 0.184. The highest BCUT2D eigenvalue weighted by Gasteiger charge is 2.22. The fraction of sp³-hybridized carbons (Fsp3) is 0.231. The maximum atomic E-state index is 11.0. The Hall–Kier alpha value is -2.30. The summed E-state index contributed by atoms with van der Waals surface area (Å²) in [4.78, 5) is 11.0. The number of benzene rings is 1. The molecule has 1 aromatic carbocycles. The van der Waals surface area contributed by atoms with Gasteiger partial charge in [0.1, 0.15) is 6.29 Å². The fourth-order valence-electron chi connectivity index (χ4n) is 2.06. The summed E-state index contributed by atoms with van der Waals surface area (Å²) in [6.07, 6.45) is 2.57. The molecule has 0 unspecified atom stereocenters. The van der Waals surface area contributed by atoms with E-state index in [0.29, 0.717) is 17.1 Å². The maximum Gasteiger partial charge on any atom is 0.231 e. The zero-order valence-corrected chi connectivity index (χ0v) is 10.1. The van der Waals surface area contributed by atoms with Gasteiger partial charge in [-0.05, 0) is 19.1 Å². The van der Waals surface area contributed by atoms with Crippen molar-refractivity contribution >= 4 is 6.29 Å². The molecule has 92 valence electrons. The van der Waals surface area contributed by atoms with Crippen molar-refractivity contribution in [2.24, 2.45) is 7.05 Å². The maximum absolute atomic E-state index is 11.0. The third kappa shape index (κ3) is 1.48. The van der Waals surface area contributed by atoms with Crippen molar-refractivity contribution < 1.29 is 14.3 Å². The molecule has 0 aliphatic carbocycles. The van der Waals surface area contributed by atoms with Gasteiger partial charge in [0.05, 0.1) is 6.20 Å². The quantitative estimate of drug-likeness (QED) is 0.757. The molecule has 0 saturated heterocycles. The molecule has 1 aliphatic rings. The number of aromatic nitrogens is 2. The van der Waals surface area contributed by atoms with Crippen molar-refractivity contribution in [2.75, 3.05) is 6.79 Å². The predicted molar refractivity (Wildman–Crippen MR) is 64.9 cm³/mol. The first-order chi connectivity index (χ1) is 8.70. The van der Waals surface area contributed by atoms with Crippen LogP contribution in [-0.4, -0.2) is 22.9 Å². The van der Waals surface area contributed by atoms with Gasteiger partial charge < -0.3 is 9.47 Å². The van der Waals surface area contributed by atoms with E-state index in [1.165, 1.54) is 0 Å². The zero-order chi connectivity index (χ0) is 12.7. The monoisotopic (exact) mass is 244 g/mol. The van der Waals surface area contributed by atoms with Gasteiger partial charge in [-0.25, -0.2) is 0 Å². The number of hydrogen-bond donors (Lipinski definition) is 0. The molecule has 0 N–H and O–H groups in total. The standard InChI is InChI=1S/C13H12N2O3/c1-8-11(5-14-15(8)2)10-3-9(6-16)4-12-13(10)18-7-17-12/h3-6H,7H2,1-2H3. The molecule has 0 amide bonds. The second kappa shape index (κ2) is 3.87. The molecule has 0 spiro atoms. The molecule has 0 saturated carbocycles. The van der Waals surface area contributed by atoms with Crippen molar-refractivity contribution in [3.05, 3.63) is 29.6 Å². The largest absolute Gasteiger partial charge is 0.454 e. The van der Waals surface area contributed by atoms with Gasteiger partial charge in [0, 0.05) is 29.4 Å². The summed E-state index contributed by atoms with van der Waals surface area (Å²) >= 11 is 0. The van der Waals surface area contributed by atoms with Crippen molar-refractivity contribution in [2.45, 2.75) is 6.92 Å². The number of carbonyl (C=O) groups is 1. The summed E-state index contributed by atoms with van der Waals surface area (Å²) in [7, 11) is 1.87. The smallest absolute Gasteiger partial charge is 0.231 e. The second-order valence-corrected chi connectivity index (χ2v) is 4.19. The molecule has 1 aromatic heterocycles. The highest BCUT2D eigenvalue weighted by Crippen LogP contribution is 2.42. The lowest BCUT2D eigenvalue weighted by Gasteiger charge is -2.06. The zero-order valence-electron chi connectivity index (χ0n) is 10.1. The van der Waals surface area contributed by atoms with E-state index in [4.69, 9.17) is 9.47 Å². The third-order valence-corrected chi connectivity index (χ3v) is 3.16. The molecule has 0 fully saturated rings. The Morgan fingerprint density at radius 2 is 2.17 bits per heavy atom. The lowest BCUT2D eigenvalue weighted by molar-refractivity contribution is 0.112. The molecule has 0 atom stereocenters. The van der Waals surface area contributed by atoms with Crippen molar-refractivity contribution in [3.8, 4) is 22.6 Å². The topological polar surface area (TPSA) is 53.4 Å².